The average Bonchev–Trinajstić information content (AvgIpc) is 2.82. The largest absolute Gasteiger partial charge is 0.385 e. The summed E-state index contributed by atoms with van der Waals surface area (Å²) in [7, 11) is 0. The van der Waals surface area contributed by atoms with Crippen molar-refractivity contribution in [1.29, 1.82) is 0 Å². The second-order valence-corrected chi connectivity index (χ2v) is 5.43. The average molecular weight is 287 g/mol. The van der Waals surface area contributed by atoms with E-state index < -0.39 is 0 Å². The third kappa shape index (κ3) is 2.99. The summed E-state index contributed by atoms with van der Waals surface area (Å²) < 4.78 is 3.33. The fourth-order valence-electron chi connectivity index (χ4n) is 2.65. The van der Waals surface area contributed by atoms with Crippen molar-refractivity contribution >= 4 is 5.69 Å². The first-order valence-corrected chi connectivity index (χ1v) is 7.63. The van der Waals surface area contributed by atoms with Gasteiger partial charge in [0.05, 0.1) is 12.2 Å². The molecule has 0 aromatic carbocycles. The van der Waals surface area contributed by atoms with Gasteiger partial charge in [-0.05, 0) is 31.4 Å². The molecular formula is C15H21N5O. The molecule has 0 radical (unpaired) electrons. The van der Waals surface area contributed by atoms with E-state index in [0.29, 0.717) is 6.54 Å². The van der Waals surface area contributed by atoms with Crippen molar-refractivity contribution < 1.29 is 0 Å². The zero-order chi connectivity index (χ0) is 14.7. The fourth-order valence-corrected chi connectivity index (χ4v) is 2.65. The summed E-state index contributed by atoms with van der Waals surface area (Å²) in [6.07, 6.45) is 5.92. The lowest BCUT2D eigenvalue weighted by Crippen LogP contribution is -2.27. The van der Waals surface area contributed by atoms with Crippen LogP contribution in [0.3, 0.4) is 0 Å². The second-order valence-electron chi connectivity index (χ2n) is 5.43. The number of rotatable bonds is 5. The number of fused-ring (bicyclic) bond motifs is 1. The first kappa shape index (κ1) is 13.9. The number of hydrogen-bond donors (Lipinski definition) is 1. The van der Waals surface area contributed by atoms with Gasteiger partial charge in [-0.2, -0.15) is 5.10 Å². The molecule has 6 heteroatoms. The van der Waals surface area contributed by atoms with Gasteiger partial charge in [-0.15, -0.1) is 0 Å². The summed E-state index contributed by atoms with van der Waals surface area (Å²) in [6, 6.07) is 3.93. The second kappa shape index (κ2) is 6.11. The van der Waals surface area contributed by atoms with Gasteiger partial charge >= 0.3 is 5.69 Å². The van der Waals surface area contributed by atoms with Crippen LogP contribution in [0.4, 0.5) is 5.69 Å². The Morgan fingerprint density at radius 3 is 3.10 bits per heavy atom. The minimum Gasteiger partial charge on any atom is -0.385 e. The molecular weight excluding hydrogens is 266 g/mol. The van der Waals surface area contributed by atoms with Crippen LogP contribution in [0.25, 0.3) is 0 Å². The quantitative estimate of drug-likeness (QED) is 0.908. The summed E-state index contributed by atoms with van der Waals surface area (Å²) in [5, 5.41) is 7.78. The van der Waals surface area contributed by atoms with E-state index in [9.17, 15) is 4.79 Å². The van der Waals surface area contributed by atoms with Crippen LogP contribution in [0.1, 0.15) is 37.7 Å². The standard InChI is InChI=1S/C15H21N5O/c1-2-7-16-12-6-8-17-13(10-12)11-20-15(21)19-9-4-3-5-14(19)18-20/h6,8,10H,2-5,7,9,11H2,1H3,(H,16,17). The highest BCUT2D eigenvalue weighted by atomic mass is 16.2. The zero-order valence-electron chi connectivity index (χ0n) is 12.4. The summed E-state index contributed by atoms with van der Waals surface area (Å²) in [5.41, 5.74) is 1.88. The molecule has 0 saturated carbocycles. The maximum atomic E-state index is 12.3. The Labute approximate surface area is 123 Å². The van der Waals surface area contributed by atoms with Gasteiger partial charge in [0, 0.05) is 31.4 Å². The lowest BCUT2D eigenvalue weighted by atomic mass is 10.2. The Morgan fingerprint density at radius 2 is 2.29 bits per heavy atom. The summed E-state index contributed by atoms with van der Waals surface area (Å²) in [6.45, 7) is 4.28. The van der Waals surface area contributed by atoms with Crippen molar-refractivity contribution in [1.82, 2.24) is 19.3 Å². The number of pyridine rings is 1. The fraction of sp³-hybridized carbons (Fsp3) is 0.533. The van der Waals surface area contributed by atoms with Gasteiger partial charge in [-0.1, -0.05) is 6.92 Å². The molecule has 112 valence electrons. The van der Waals surface area contributed by atoms with Crippen LogP contribution in [0, 0.1) is 0 Å². The Hall–Kier alpha value is -2.11. The van der Waals surface area contributed by atoms with Crippen LogP contribution >= 0.6 is 0 Å². The lowest BCUT2D eigenvalue weighted by molar-refractivity contribution is 0.511. The van der Waals surface area contributed by atoms with Crippen molar-refractivity contribution in [3.05, 3.63) is 40.3 Å². The third-order valence-electron chi connectivity index (χ3n) is 3.74. The molecule has 0 bridgehead atoms. The van der Waals surface area contributed by atoms with Crippen LogP contribution < -0.4 is 11.0 Å². The van der Waals surface area contributed by atoms with Crippen LogP contribution in [-0.2, 0) is 19.5 Å². The molecule has 2 aromatic heterocycles. The smallest absolute Gasteiger partial charge is 0.346 e. The van der Waals surface area contributed by atoms with E-state index in [1.54, 1.807) is 10.8 Å². The molecule has 2 aromatic rings. The maximum absolute atomic E-state index is 12.3. The Kier molecular flexibility index (Phi) is 4.03. The van der Waals surface area contributed by atoms with E-state index in [0.717, 1.165) is 56.0 Å². The Morgan fingerprint density at radius 1 is 1.38 bits per heavy atom. The van der Waals surface area contributed by atoms with Crippen LogP contribution in [0.2, 0.25) is 0 Å². The van der Waals surface area contributed by atoms with Crippen LogP contribution in [0.5, 0.6) is 0 Å². The molecule has 1 aliphatic rings. The first-order valence-electron chi connectivity index (χ1n) is 7.63. The number of aryl methyl sites for hydroxylation is 1. The summed E-state index contributed by atoms with van der Waals surface area (Å²) in [4.78, 5) is 16.6. The molecule has 0 atom stereocenters. The van der Waals surface area contributed by atoms with Crippen molar-refractivity contribution in [2.24, 2.45) is 0 Å². The SMILES string of the molecule is CCCNc1ccnc(Cn2nc3n(c2=O)CCCC3)c1. The molecule has 6 nitrogen and oxygen atoms in total. The third-order valence-corrected chi connectivity index (χ3v) is 3.74. The number of nitrogens with one attached hydrogen (secondary N) is 1. The number of nitrogens with zero attached hydrogens (tertiary/aromatic N) is 4. The molecule has 0 aliphatic carbocycles. The van der Waals surface area contributed by atoms with E-state index in [4.69, 9.17) is 0 Å². The van der Waals surface area contributed by atoms with Crippen LogP contribution in [-0.4, -0.2) is 25.9 Å². The molecule has 3 heterocycles. The van der Waals surface area contributed by atoms with E-state index in [-0.39, 0.29) is 5.69 Å². The monoisotopic (exact) mass is 287 g/mol. The van der Waals surface area contributed by atoms with E-state index in [2.05, 4.69) is 22.3 Å². The summed E-state index contributed by atoms with van der Waals surface area (Å²) in [5.74, 6) is 0.909. The molecule has 0 spiro atoms. The maximum Gasteiger partial charge on any atom is 0.346 e. The molecule has 0 amide bonds. The molecule has 1 N–H and O–H groups in total. The molecule has 21 heavy (non-hydrogen) atoms. The lowest BCUT2D eigenvalue weighted by Gasteiger charge is -2.09. The molecule has 1 aliphatic heterocycles. The highest BCUT2D eigenvalue weighted by molar-refractivity contribution is 5.43. The minimum absolute atomic E-state index is 0.0154. The molecule has 0 saturated heterocycles. The topological polar surface area (TPSA) is 64.7 Å². The van der Waals surface area contributed by atoms with Gasteiger partial charge in [0.25, 0.3) is 0 Å². The Bertz CT molecular complexity index is 673. The highest BCUT2D eigenvalue weighted by Gasteiger charge is 2.16. The predicted octanol–water partition coefficient (Wildman–Crippen LogP) is 1.65. The van der Waals surface area contributed by atoms with Crippen molar-refractivity contribution in [3.8, 4) is 0 Å². The van der Waals surface area contributed by atoms with E-state index >= 15 is 0 Å². The number of hydrogen-bond acceptors (Lipinski definition) is 4. The number of anilines is 1. The predicted molar refractivity (Wildman–Crippen MR) is 81.5 cm³/mol. The minimum atomic E-state index is -0.0154. The number of aromatic nitrogens is 4. The van der Waals surface area contributed by atoms with Gasteiger partial charge in [0.1, 0.15) is 5.82 Å². The first-order chi connectivity index (χ1) is 10.3. The molecule has 0 fully saturated rings. The van der Waals surface area contributed by atoms with Gasteiger partial charge in [0.15, 0.2) is 0 Å². The van der Waals surface area contributed by atoms with Gasteiger partial charge in [-0.3, -0.25) is 9.55 Å². The zero-order valence-corrected chi connectivity index (χ0v) is 12.4. The van der Waals surface area contributed by atoms with Crippen molar-refractivity contribution in [2.75, 3.05) is 11.9 Å². The van der Waals surface area contributed by atoms with E-state index in [1.165, 1.54) is 4.68 Å². The van der Waals surface area contributed by atoms with Crippen LogP contribution in [0.15, 0.2) is 23.1 Å². The highest BCUT2D eigenvalue weighted by Crippen LogP contribution is 2.11. The van der Waals surface area contributed by atoms with Gasteiger partial charge in [0.2, 0.25) is 0 Å². The normalized spacial score (nSPS) is 14.0. The van der Waals surface area contributed by atoms with Crippen molar-refractivity contribution in [2.45, 2.75) is 45.7 Å². The summed E-state index contributed by atoms with van der Waals surface area (Å²) >= 11 is 0. The van der Waals surface area contributed by atoms with E-state index in [1.807, 2.05) is 12.1 Å². The molecule has 0 unspecified atom stereocenters. The van der Waals surface area contributed by atoms with Gasteiger partial charge < -0.3 is 5.32 Å². The Balaban J connectivity index is 1.80. The van der Waals surface area contributed by atoms with Gasteiger partial charge in [-0.25, -0.2) is 9.48 Å². The molecule has 3 rings (SSSR count). The van der Waals surface area contributed by atoms with Crippen molar-refractivity contribution in [3.63, 3.8) is 0 Å².